The van der Waals surface area contributed by atoms with Crippen molar-refractivity contribution in [2.24, 2.45) is 0 Å². The van der Waals surface area contributed by atoms with Crippen LogP contribution in [0.2, 0.25) is 0 Å². The number of thiophene rings is 1. The molecule has 5 nitrogen and oxygen atoms in total. The molecule has 1 aromatic carbocycles. The number of halogens is 1. The Bertz CT molecular complexity index is 917. The molecule has 0 N–H and O–H groups in total. The van der Waals surface area contributed by atoms with Gasteiger partial charge in [0.15, 0.2) is 17.3 Å². The van der Waals surface area contributed by atoms with E-state index in [1.165, 1.54) is 41.5 Å². The van der Waals surface area contributed by atoms with E-state index in [4.69, 9.17) is 4.74 Å². The summed E-state index contributed by atoms with van der Waals surface area (Å²) in [5.74, 6) is -0.927. The fourth-order valence-corrected chi connectivity index (χ4v) is 2.87. The second kappa shape index (κ2) is 5.69. The second-order valence-electron chi connectivity index (χ2n) is 4.59. The summed E-state index contributed by atoms with van der Waals surface area (Å²) in [6.07, 6.45) is 1.33. The van der Waals surface area contributed by atoms with Crippen LogP contribution >= 0.6 is 11.3 Å². The van der Waals surface area contributed by atoms with Crippen LogP contribution < -0.4 is 10.3 Å². The molecule has 0 radical (unpaired) electrons. The van der Waals surface area contributed by atoms with Crippen LogP contribution in [0.3, 0.4) is 0 Å². The maximum absolute atomic E-state index is 13.6. The first-order valence-corrected chi connectivity index (χ1v) is 7.27. The molecule has 0 unspecified atom stereocenters. The number of carbonyl (C=O) groups is 1. The standard InChI is InChI=1S/C15H11FN2O3S/c1-21-13-3-2-9(6-10(13)16)12(19)7-18-8-17-11-4-5-22-14(11)15(18)20/h2-6,8H,7H2,1H3. The lowest BCUT2D eigenvalue weighted by atomic mass is 10.1. The predicted octanol–water partition coefficient (Wildman–Crippen LogP) is 2.49. The number of fused-ring (bicyclic) bond motifs is 1. The predicted molar refractivity (Wildman–Crippen MR) is 81.2 cm³/mol. The minimum Gasteiger partial charge on any atom is -0.494 e. The zero-order valence-electron chi connectivity index (χ0n) is 11.6. The molecule has 0 atom stereocenters. The Morgan fingerprint density at radius 2 is 2.23 bits per heavy atom. The van der Waals surface area contributed by atoms with Crippen LogP contribution in [-0.4, -0.2) is 22.4 Å². The Hall–Kier alpha value is -2.54. The number of hydrogen-bond acceptors (Lipinski definition) is 5. The van der Waals surface area contributed by atoms with E-state index >= 15 is 0 Å². The summed E-state index contributed by atoms with van der Waals surface area (Å²) in [5.41, 5.74) is 0.507. The highest BCUT2D eigenvalue weighted by Crippen LogP contribution is 2.18. The normalized spacial score (nSPS) is 10.8. The highest BCUT2D eigenvalue weighted by Gasteiger charge is 2.13. The van der Waals surface area contributed by atoms with Crippen LogP contribution in [0.5, 0.6) is 5.75 Å². The highest BCUT2D eigenvalue weighted by molar-refractivity contribution is 7.17. The Balaban J connectivity index is 1.91. The van der Waals surface area contributed by atoms with E-state index in [1.54, 1.807) is 11.4 Å². The maximum atomic E-state index is 13.6. The number of methoxy groups -OCH3 is 1. The van der Waals surface area contributed by atoms with Gasteiger partial charge < -0.3 is 4.74 Å². The molecule has 0 fully saturated rings. The van der Waals surface area contributed by atoms with Crippen molar-refractivity contribution < 1.29 is 13.9 Å². The number of nitrogens with zero attached hydrogens (tertiary/aromatic N) is 2. The lowest BCUT2D eigenvalue weighted by molar-refractivity contribution is 0.0970. The molecule has 0 bridgehead atoms. The number of aromatic nitrogens is 2. The fraction of sp³-hybridized carbons (Fsp3) is 0.133. The number of rotatable bonds is 4. The summed E-state index contributed by atoms with van der Waals surface area (Å²) in [6.45, 7) is -0.189. The number of ketones is 1. The van der Waals surface area contributed by atoms with E-state index in [0.29, 0.717) is 10.2 Å². The summed E-state index contributed by atoms with van der Waals surface area (Å²) >= 11 is 1.27. The molecule has 3 rings (SSSR count). The Labute approximate surface area is 128 Å². The van der Waals surface area contributed by atoms with Crippen molar-refractivity contribution in [1.82, 2.24) is 9.55 Å². The van der Waals surface area contributed by atoms with Crippen LogP contribution in [0.1, 0.15) is 10.4 Å². The van der Waals surface area contributed by atoms with Gasteiger partial charge in [-0.1, -0.05) is 0 Å². The summed E-state index contributed by atoms with van der Waals surface area (Å²) < 4.78 is 20.2. The van der Waals surface area contributed by atoms with Crippen LogP contribution in [0, 0.1) is 5.82 Å². The van der Waals surface area contributed by atoms with Gasteiger partial charge >= 0.3 is 0 Å². The number of hydrogen-bond donors (Lipinski definition) is 0. The average Bonchev–Trinajstić information content (AvgIpc) is 2.99. The quantitative estimate of drug-likeness (QED) is 0.693. The Morgan fingerprint density at radius 1 is 1.41 bits per heavy atom. The van der Waals surface area contributed by atoms with Crippen molar-refractivity contribution >= 4 is 27.3 Å². The van der Waals surface area contributed by atoms with Gasteiger partial charge in [-0.2, -0.15) is 0 Å². The molecule has 0 aliphatic rings. The van der Waals surface area contributed by atoms with Crippen molar-refractivity contribution in [2.75, 3.05) is 7.11 Å². The summed E-state index contributed by atoms with van der Waals surface area (Å²) in [4.78, 5) is 28.5. The van der Waals surface area contributed by atoms with Crippen molar-refractivity contribution in [2.45, 2.75) is 6.54 Å². The summed E-state index contributed by atoms with van der Waals surface area (Å²) in [6, 6.07) is 5.69. The van der Waals surface area contributed by atoms with Gasteiger partial charge in [-0.05, 0) is 29.6 Å². The largest absolute Gasteiger partial charge is 0.494 e. The van der Waals surface area contributed by atoms with Gasteiger partial charge in [-0.25, -0.2) is 9.37 Å². The van der Waals surface area contributed by atoms with Crippen molar-refractivity contribution in [1.29, 1.82) is 0 Å². The van der Waals surface area contributed by atoms with E-state index in [0.717, 1.165) is 6.07 Å². The first-order valence-electron chi connectivity index (χ1n) is 6.39. The minimum atomic E-state index is -0.618. The van der Waals surface area contributed by atoms with Crippen molar-refractivity contribution in [3.8, 4) is 5.75 Å². The van der Waals surface area contributed by atoms with E-state index in [9.17, 15) is 14.0 Å². The van der Waals surface area contributed by atoms with Crippen LogP contribution in [0.25, 0.3) is 10.2 Å². The van der Waals surface area contributed by atoms with Crippen LogP contribution in [0.4, 0.5) is 4.39 Å². The molecular weight excluding hydrogens is 307 g/mol. The Kier molecular flexibility index (Phi) is 3.72. The lowest BCUT2D eigenvalue weighted by Gasteiger charge is -2.06. The molecule has 112 valence electrons. The fourth-order valence-electron chi connectivity index (χ4n) is 2.08. The van der Waals surface area contributed by atoms with E-state index in [2.05, 4.69) is 4.98 Å². The van der Waals surface area contributed by atoms with Crippen LogP contribution in [0.15, 0.2) is 40.8 Å². The van der Waals surface area contributed by atoms with Gasteiger partial charge in [0.25, 0.3) is 5.56 Å². The van der Waals surface area contributed by atoms with E-state index < -0.39 is 5.82 Å². The van der Waals surface area contributed by atoms with Gasteiger partial charge in [0.05, 0.1) is 25.5 Å². The third-order valence-corrected chi connectivity index (χ3v) is 4.12. The molecular formula is C15H11FN2O3S. The first-order chi connectivity index (χ1) is 10.6. The lowest BCUT2D eigenvalue weighted by Crippen LogP contribution is -2.24. The Morgan fingerprint density at radius 3 is 2.95 bits per heavy atom. The molecule has 22 heavy (non-hydrogen) atoms. The molecule has 0 amide bonds. The third-order valence-electron chi connectivity index (χ3n) is 3.22. The molecule has 0 aliphatic heterocycles. The van der Waals surface area contributed by atoms with Crippen molar-refractivity contribution in [3.05, 3.63) is 57.7 Å². The molecule has 0 saturated heterocycles. The summed E-state index contributed by atoms with van der Waals surface area (Å²) in [5, 5.41) is 1.77. The topological polar surface area (TPSA) is 61.2 Å². The molecule has 3 aromatic rings. The summed E-state index contributed by atoms with van der Waals surface area (Å²) in [7, 11) is 1.35. The SMILES string of the molecule is COc1ccc(C(=O)Cn2cnc3ccsc3c2=O)cc1F. The van der Waals surface area contributed by atoms with E-state index in [-0.39, 0.29) is 29.2 Å². The smallest absolute Gasteiger partial charge is 0.271 e. The van der Waals surface area contributed by atoms with Gasteiger partial charge in [0.2, 0.25) is 0 Å². The molecule has 2 heterocycles. The molecule has 0 spiro atoms. The number of carbonyl (C=O) groups excluding carboxylic acids is 1. The zero-order valence-corrected chi connectivity index (χ0v) is 12.4. The van der Waals surface area contributed by atoms with E-state index in [1.807, 2.05) is 0 Å². The molecule has 0 saturated carbocycles. The van der Waals surface area contributed by atoms with Crippen LogP contribution in [-0.2, 0) is 6.54 Å². The monoisotopic (exact) mass is 318 g/mol. The number of ether oxygens (including phenoxy) is 1. The zero-order chi connectivity index (χ0) is 15.7. The highest BCUT2D eigenvalue weighted by atomic mass is 32.1. The second-order valence-corrected chi connectivity index (χ2v) is 5.50. The third kappa shape index (κ3) is 2.50. The molecule has 7 heteroatoms. The molecule has 0 aliphatic carbocycles. The number of Topliss-reactive ketones (excluding diaryl/α,β-unsaturated/α-hetero) is 1. The molecule has 2 aromatic heterocycles. The maximum Gasteiger partial charge on any atom is 0.271 e. The van der Waals surface area contributed by atoms with Gasteiger partial charge in [-0.15, -0.1) is 11.3 Å². The minimum absolute atomic E-state index is 0.0652. The van der Waals surface area contributed by atoms with Gasteiger partial charge in [-0.3, -0.25) is 14.2 Å². The van der Waals surface area contributed by atoms with Gasteiger partial charge in [0, 0.05) is 5.56 Å². The van der Waals surface area contributed by atoms with Gasteiger partial charge in [0.1, 0.15) is 4.70 Å². The van der Waals surface area contributed by atoms with Crippen molar-refractivity contribution in [3.63, 3.8) is 0 Å². The average molecular weight is 318 g/mol. The number of benzene rings is 1. The first kappa shape index (κ1) is 14.4.